The molecule has 1 N–H and O–H groups in total. The maximum Gasteiger partial charge on any atom is 0.178 e. The minimum Gasteiger partial charge on any atom is -0.309 e. The van der Waals surface area contributed by atoms with Gasteiger partial charge in [0.2, 0.25) is 0 Å². The van der Waals surface area contributed by atoms with E-state index in [1.54, 1.807) is 17.3 Å². The molecule has 2 heterocycles. The highest BCUT2D eigenvalue weighted by Crippen LogP contribution is 2.28. The molecule has 2 rings (SSSR count). The lowest BCUT2D eigenvalue weighted by Crippen LogP contribution is -2.20. The van der Waals surface area contributed by atoms with Gasteiger partial charge in [-0.25, -0.2) is 0 Å². The summed E-state index contributed by atoms with van der Waals surface area (Å²) in [6.45, 7) is 5.31. The smallest absolute Gasteiger partial charge is 0.178 e. The van der Waals surface area contributed by atoms with Crippen molar-refractivity contribution in [3.63, 3.8) is 0 Å². The Hall–Kier alpha value is -0.980. The van der Waals surface area contributed by atoms with Crippen molar-refractivity contribution in [3.8, 4) is 0 Å². The number of rotatable bonds is 6. The Morgan fingerprint density at radius 2 is 2.33 bits per heavy atom. The summed E-state index contributed by atoms with van der Waals surface area (Å²) in [5, 5.41) is 11.2. The van der Waals surface area contributed by atoms with Crippen LogP contribution in [0.4, 0.5) is 0 Å². The van der Waals surface area contributed by atoms with Crippen LogP contribution in [0.1, 0.15) is 32.0 Å². The molecule has 0 aromatic carbocycles. The van der Waals surface area contributed by atoms with Crippen LogP contribution < -0.4 is 5.32 Å². The van der Waals surface area contributed by atoms with Gasteiger partial charge in [0, 0.05) is 17.1 Å². The molecule has 4 nitrogen and oxygen atoms in total. The second-order valence-electron chi connectivity index (χ2n) is 3.90. The van der Waals surface area contributed by atoms with Gasteiger partial charge >= 0.3 is 0 Å². The number of aromatic nitrogens is 3. The molecule has 0 radical (unpaired) electrons. The van der Waals surface area contributed by atoms with Gasteiger partial charge in [-0.3, -0.25) is 4.98 Å². The maximum atomic E-state index is 4.49. The van der Waals surface area contributed by atoms with E-state index in [0.717, 1.165) is 27.9 Å². The predicted molar refractivity (Wildman–Crippen MR) is 75.0 cm³/mol. The zero-order chi connectivity index (χ0) is 12.8. The summed E-state index contributed by atoms with van der Waals surface area (Å²) in [5.41, 5.74) is 2.81. The topological polar surface area (TPSA) is 50.7 Å². The van der Waals surface area contributed by atoms with Gasteiger partial charge in [0.05, 0.1) is 5.69 Å². The van der Waals surface area contributed by atoms with Gasteiger partial charge in [-0.15, -0.1) is 10.2 Å². The number of hydrogen-bond donors (Lipinski definition) is 1. The molecule has 0 aliphatic carbocycles. The van der Waals surface area contributed by atoms with E-state index in [1.165, 1.54) is 11.3 Å². The molecule has 0 spiro atoms. The van der Waals surface area contributed by atoms with Crippen LogP contribution in [0, 0.1) is 0 Å². The van der Waals surface area contributed by atoms with Crippen molar-refractivity contribution < 1.29 is 0 Å². The molecule has 0 aliphatic heterocycles. The van der Waals surface area contributed by atoms with Crippen LogP contribution in [0.25, 0.3) is 0 Å². The van der Waals surface area contributed by atoms with Gasteiger partial charge in [-0.05, 0) is 32.0 Å². The van der Waals surface area contributed by atoms with Crippen LogP contribution >= 0.6 is 23.1 Å². The molecule has 0 fully saturated rings. The summed E-state index contributed by atoms with van der Waals surface area (Å²) in [6, 6.07) is 4.44. The summed E-state index contributed by atoms with van der Waals surface area (Å²) < 4.78 is 0.946. The summed E-state index contributed by atoms with van der Waals surface area (Å²) >= 11 is 3.13. The molecule has 18 heavy (non-hydrogen) atoms. The SMILES string of the molecule is CCCNC(C)c1ccc(Sc2nncs2)cn1. The summed E-state index contributed by atoms with van der Waals surface area (Å²) in [7, 11) is 0. The Kier molecular flexibility index (Phi) is 5.10. The number of nitrogens with zero attached hydrogens (tertiary/aromatic N) is 3. The Labute approximate surface area is 115 Å². The normalized spacial score (nSPS) is 12.6. The Morgan fingerprint density at radius 1 is 1.44 bits per heavy atom. The first-order chi connectivity index (χ1) is 8.79. The van der Waals surface area contributed by atoms with Gasteiger partial charge in [-0.2, -0.15) is 0 Å². The van der Waals surface area contributed by atoms with E-state index in [9.17, 15) is 0 Å². The minimum atomic E-state index is 0.297. The van der Waals surface area contributed by atoms with E-state index < -0.39 is 0 Å². The highest BCUT2D eigenvalue weighted by molar-refractivity contribution is 8.01. The van der Waals surface area contributed by atoms with Gasteiger partial charge in [-0.1, -0.05) is 30.0 Å². The van der Waals surface area contributed by atoms with Crippen LogP contribution in [0.15, 0.2) is 33.1 Å². The molecule has 0 saturated heterocycles. The molecule has 96 valence electrons. The average molecular weight is 280 g/mol. The van der Waals surface area contributed by atoms with Crippen LogP contribution in [0.2, 0.25) is 0 Å². The lowest BCUT2D eigenvalue weighted by molar-refractivity contribution is 0.558. The molecule has 2 aromatic heterocycles. The highest BCUT2D eigenvalue weighted by Gasteiger charge is 2.06. The third-order valence-corrected chi connectivity index (χ3v) is 4.20. The van der Waals surface area contributed by atoms with Crippen molar-refractivity contribution in [1.29, 1.82) is 0 Å². The predicted octanol–water partition coefficient (Wildman–Crippen LogP) is 3.14. The number of nitrogens with one attached hydrogen (secondary N) is 1. The molecule has 1 unspecified atom stereocenters. The monoisotopic (exact) mass is 280 g/mol. The Balaban J connectivity index is 1.96. The molecule has 0 aliphatic rings. The van der Waals surface area contributed by atoms with Crippen molar-refractivity contribution in [2.24, 2.45) is 0 Å². The fourth-order valence-electron chi connectivity index (χ4n) is 1.48. The van der Waals surface area contributed by atoms with E-state index in [0.29, 0.717) is 6.04 Å². The molecule has 0 amide bonds. The van der Waals surface area contributed by atoms with Crippen molar-refractivity contribution in [2.45, 2.75) is 35.5 Å². The molecule has 0 bridgehead atoms. The van der Waals surface area contributed by atoms with Crippen molar-refractivity contribution in [3.05, 3.63) is 29.5 Å². The van der Waals surface area contributed by atoms with E-state index in [-0.39, 0.29) is 0 Å². The fraction of sp³-hybridized carbons (Fsp3) is 0.417. The van der Waals surface area contributed by atoms with Gasteiger partial charge in [0.15, 0.2) is 4.34 Å². The van der Waals surface area contributed by atoms with Crippen LogP contribution in [0.3, 0.4) is 0 Å². The van der Waals surface area contributed by atoms with Crippen molar-refractivity contribution in [1.82, 2.24) is 20.5 Å². The van der Waals surface area contributed by atoms with E-state index in [1.807, 2.05) is 6.20 Å². The van der Waals surface area contributed by atoms with E-state index in [4.69, 9.17) is 0 Å². The summed E-state index contributed by atoms with van der Waals surface area (Å²) in [5.74, 6) is 0. The van der Waals surface area contributed by atoms with Crippen LogP contribution in [-0.4, -0.2) is 21.7 Å². The van der Waals surface area contributed by atoms with Gasteiger partial charge in [0.1, 0.15) is 5.51 Å². The minimum absolute atomic E-state index is 0.297. The summed E-state index contributed by atoms with van der Waals surface area (Å²) in [4.78, 5) is 5.58. The average Bonchev–Trinajstić information content (AvgIpc) is 2.89. The Bertz CT molecular complexity index is 455. The highest BCUT2D eigenvalue weighted by atomic mass is 32.2. The molecular weight excluding hydrogens is 264 g/mol. The maximum absolute atomic E-state index is 4.49. The lowest BCUT2D eigenvalue weighted by atomic mass is 10.2. The lowest BCUT2D eigenvalue weighted by Gasteiger charge is -2.12. The van der Waals surface area contributed by atoms with Gasteiger partial charge in [0.25, 0.3) is 0 Å². The zero-order valence-electron chi connectivity index (χ0n) is 10.5. The quantitative estimate of drug-likeness (QED) is 0.881. The first-order valence-corrected chi connectivity index (χ1v) is 7.62. The van der Waals surface area contributed by atoms with Crippen LogP contribution in [-0.2, 0) is 0 Å². The number of pyridine rings is 1. The molecule has 2 aromatic rings. The third kappa shape index (κ3) is 3.76. The summed E-state index contributed by atoms with van der Waals surface area (Å²) in [6.07, 6.45) is 3.03. The first-order valence-electron chi connectivity index (χ1n) is 5.93. The molecular formula is C12H16N4S2. The molecule has 0 saturated carbocycles. The molecule has 1 atom stereocenters. The third-order valence-electron chi connectivity index (χ3n) is 2.45. The molecule has 6 heteroatoms. The van der Waals surface area contributed by atoms with E-state index in [2.05, 4.69) is 46.5 Å². The van der Waals surface area contributed by atoms with Crippen LogP contribution in [0.5, 0.6) is 0 Å². The van der Waals surface area contributed by atoms with Gasteiger partial charge < -0.3 is 5.32 Å². The van der Waals surface area contributed by atoms with Crippen molar-refractivity contribution >= 4 is 23.1 Å². The zero-order valence-corrected chi connectivity index (χ0v) is 12.1. The fourth-order valence-corrected chi connectivity index (χ4v) is 2.90. The van der Waals surface area contributed by atoms with E-state index >= 15 is 0 Å². The van der Waals surface area contributed by atoms with Crippen molar-refractivity contribution in [2.75, 3.05) is 6.54 Å². The number of hydrogen-bond acceptors (Lipinski definition) is 6. The largest absolute Gasteiger partial charge is 0.309 e. The standard InChI is InChI=1S/C12H16N4S2/c1-3-6-13-9(2)11-5-4-10(7-14-11)18-12-16-15-8-17-12/h4-5,7-9,13H,3,6H2,1-2H3. The second-order valence-corrected chi connectivity index (χ2v) is 6.06. The second kappa shape index (κ2) is 6.82. The first kappa shape index (κ1) is 13.5. The Morgan fingerprint density at radius 3 is 2.94 bits per heavy atom.